The Bertz CT molecular complexity index is 1460. The number of nitrogens with zero attached hydrogens (tertiary/aromatic N) is 2. The van der Waals surface area contributed by atoms with Crippen LogP contribution in [0.25, 0.3) is 0 Å². The molecule has 2 saturated heterocycles. The minimum Gasteiger partial charge on any atom is -0.465 e. The summed E-state index contributed by atoms with van der Waals surface area (Å²) in [4.78, 5) is 84.9. The van der Waals surface area contributed by atoms with E-state index in [-0.39, 0.29) is 22.5 Å². The molecular weight excluding hydrogens is 653 g/mol. The lowest BCUT2D eigenvalue weighted by Gasteiger charge is -2.57. The Morgan fingerprint density at radius 3 is 1.27 bits per heavy atom. The zero-order valence-corrected chi connectivity index (χ0v) is 29.5. The maximum Gasteiger partial charge on any atom is 0.337 e. The van der Waals surface area contributed by atoms with Gasteiger partial charge in [-0.15, -0.1) is 23.5 Å². The zero-order valence-electron chi connectivity index (χ0n) is 27.8. The number of thioether (sulfide) groups is 2. The summed E-state index contributed by atoms with van der Waals surface area (Å²) in [5.74, 6) is -4.16. The van der Waals surface area contributed by atoms with Crippen molar-refractivity contribution in [2.24, 2.45) is 11.8 Å². The molecule has 4 atom stereocenters. The molecule has 3 aliphatic rings. The lowest BCUT2D eigenvalue weighted by molar-refractivity contribution is -0.139. The highest BCUT2D eigenvalue weighted by Gasteiger charge is 2.90. The van der Waals surface area contributed by atoms with Crippen molar-refractivity contribution in [3.63, 3.8) is 0 Å². The Morgan fingerprint density at radius 1 is 0.604 bits per heavy atom. The molecule has 1 aliphatic carbocycles. The fraction of sp³-hybridized carbons (Fsp3) is 0.500. The van der Waals surface area contributed by atoms with Crippen LogP contribution in [0.1, 0.15) is 85.9 Å². The van der Waals surface area contributed by atoms with E-state index in [4.69, 9.17) is 9.47 Å². The van der Waals surface area contributed by atoms with Gasteiger partial charge in [0.15, 0.2) is 0 Å². The van der Waals surface area contributed by atoms with Crippen LogP contribution < -0.4 is 9.80 Å². The molecule has 2 heterocycles. The summed E-state index contributed by atoms with van der Waals surface area (Å²) in [6, 6.07) is 12.0. The van der Waals surface area contributed by atoms with E-state index in [0.717, 1.165) is 61.2 Å². The van der Waals surface area contributed by atoms with Gasteiger partial charge in [-0.3, -0.25) is 19.2 Å². The number of rotatable bonds is 16. The first kappa shape index (κ1) is 35.7. The van der Waals surface area contributed by atoms with Crippen molar-refractivity contribution in [3.05, 3.63) is 59.7 Å². The van der Waals surface area contributed by atoms with E-state index in [9.17, 15) is 28.8 Å². The van der Waals surface area contributed by atoms with Crippen molar-refractivity contribution < 1.29 is 38.2 Å². The molecule has 12 heteroatoms. The fourth-order valence-electron chi connectivity index (χ4n) is 7.12. The van der Waals surface area contributed by atoms with Gasteiger partial charge in [0.25, 0.3) is 11.8 Å². The van der Waals surface area contributed by atoms with E-state index >= 15 is 0 Å². The van der Waals surface area contributed by atoms with Gasteiger partial charge >= 0.3 is 11.9 Å². The lowest BCUT2D eigenvalue weighted by atomic mass is 9.57. The van der Waals surface area contributed by atoms with Crippen LogP contribution in [0, 0.1) is 11.8 Å². The van der Waals surface area contributed by atoms with E-state index < -0.39 is 56.9 Å². The second-order valence-electron chi connectivity index (χ2n) is 12.3. The molecule has 5 rings (SSSR count). The minimum absolute atomic E-state index is 0.263. The predicted molar refractivity (Wildman–Crippen MR) is 186 cm³/mol. The van der Waals surface area contributed by atoms with E-state index in [0.29, 0.717) is 11.5 Å². The molecule has 48 heavy (non-hydrogen) atoms. The Balaban J connectivity index is 1.59. The molecule has 0 bridgehead atoms. The first-order valence-electron chi connectivity index (χ1n) is 16.6. The van der Waals surface area contributed by atoms with Gasteiger partial charge in [0.05, 0.1) is 48.6 Å². The van der Waals surface area contributed by atoms with Crippen molar-refractivity contribution in [1.29, 1.82) is 0 Å². The van der Waals surface area contributed by atoms with Gasteiger partial charge in [0.2, 0.25) is 11.8 Å². The van der Waals surface area contributed by atoms with Gasteiger partial charge in [0.1, 0.15) is 9.49 Å². The standard InChI is InChI=1S/C36H42N2O8S2/c1-5-7-9-11-21-47-35-27(29(39)37(33(35)43)25-17-13-23(14-18-25)31(41)45-3)28-30(40)38(26-19-15-24(16-20-26)32(42)46-4)34(44)36(28,35)48-22-12-10-8-6-2/h13-20,27-28H,5-12,21-22H2,1-4H3. The van der Waals surface area contributed by atoms with Gasteiger partial charge in [-0.25, -0.2) is 19.4 Å². The third-order valence-electron chi connectivity index (χ3n) is 9.52. The van der Waals surface area contributed by atoms with Gasteiger partial charge in [-0.05, 0) is 72.9 Å². The number of carbonyl (C=O) groups is 6. The molecule has 3 fully saturated rings. The molecule has 4 unspecified atom stereocenters. The van der Waals surface area contributed by atoms with Crippen LogP contribution in [0.15, 0.2) is 48.5 Å². The first-order chi connectivity index (χ1) is 23.2. The Kier molecular flexibility index (Phi) is 11.0. The number of hydrogen-bond acceptors (Lipinski definition) is 10. The Morgan fingerprint density at radius 2 is 0.958 bits per heavy atom. The van der Waals surface area contributed by atoms with Crippen molar-refractivity contribution in [2.45, 2.75) is 74.7 Å². The fourth-order valence-corrected chi connectivity index (χ4v) is 10.9. The SMILES string of the molecule is CCCCCCSC12C(=O)N(c3ccc(C(=O)OC)cc3)C(=O)C1C1C(=O)N(c3ccc(C(=O)OC)cc3)C(=O)C12SCCCCCC. The number of benzene rings is 2. The molecule has 0 spiro atoms. The minimum atomic E-state index is -1.50. The highest BCUT2D eigenvalue weighted by molar-refractivity contribution is 8.06. The number of ether oxygens (including phenoxy) is 2. The summed E-state index contributed by atoms with van der Waals surface area (Å²) in [6.45, 7) is 4.22. The summed E-state index contributed by atoms with van der Waals surface area (Å²) in [6.07, 6.45) is 7.58. The highest BCUT2D eigenvalue weighted by atomic mass is 32.2. The summed E-state index contributed by atoms with van der Waals surface area (Å²) < 4.78 is 6.61. The number of amides is 4. The van der Waals surface area contributed by atoms with Gasteiger partial charge in [-0.2, -0.15) is 0 Å². The van der Waals surface area contributed by atoms with Gasteiger partial charge in [0, 0.05) is 0 Å². The molecule has 2 aromatic rings. The van der Waals surface area contributed by atoms with Crippen LogP contribution in [-0.4, -0.2) is 70.8 Å². The first-order valence-corrected chi connectivity index (χ1v) is 18.5. The Labute approximate surface area is 289 Å². The second-order valence-corrected chi connectivity index (χ2v) is 15.0. The topological polar surface area (TPSA) is 127 Å². The van der Waals surface area contributed by atoms with Crippen molar-refractivity contribution >= 4 is 70.5 Å². The largest absolute Gasteiger partial charge is 0.465 e. The normalized spacial score (nSPS) is 24.4. The molecule has 2 aromatic carbocycles. The molecule has 1 saturated carbocycles. The van der Waals surface area contributed by atoms with Crippen LogP contribution in [0.2, 0.25) is 0 Å². The summed E-state index contributed by atoms with van der Waals surface area (Å²) >= 11 is 2.68. The van der Waals surface area contributed by atoms with Crippen molar-refractivity contribution in [3.8, 4) is 0 Å². The second kappa shape index (κ2) is 14.9. The molecule has 0 N–H and O–H groups in total. The highest BCUT2D eigenvalue weighted by Crippen LogP contribution is 2.73. The molecular formula is C36H42N2O8S2. The summed E-state index contributed by atoms with van der Waals surface area (Å²) in [7, 11) is 2.54. The van der Waals surface area contributed by atoms with Gasteiger partial charge in [-0.1, -0.05) is 52.4 Å². The van der Waals surface area contributed by atoms with E-state index in [1.54, 1.807) is 0 Å². The number of carbonyl (C=O) groups excluding carboxylic acids is 6. The van der Waals surface area contributed by atoms with E-state index in [1.165, 1.54) is 86.3 Å². The number of fused-ring (bicyclic) bond motifs is 4. The molecule has 256 valence electrons. The number of hydrogen-bond donors (Lipinski definition) is 0. The van der Waals surface area contributed by atoms with Crippen LogP contribution in [0.3, 0.4) is 0 Å². The maximum absolute atomic E-state index is 14.9. The molecule has 4 amide bonds. The average Bonchev–Trinajstić information content (AvgIpc) is 3.40. The quantitative estimate of drug-likeness (QED) is 0.116. The molecule has 0 radical (unpaired) electrons. The summed E-state index contributed by atoms with van der Waals surface area (Å²) in [5.41, 5.74) is 1.07. The van der Waals surface area contributed by atoms with E-state index in [2.05, 4.69) is 13.8 Å². The van der Waals surface area contributed by atoms with Crippen LogP contribution in [-0.2, 0) is 28.7 Å². The van der Waals surface area contributed by atoms with Crippen LogP contribution in [0.5, 0.6) is 0 Å². The zero-order chi connectivity index (χ0) is 34.6. The third-order valence-corrected chi connectivity index (χ3v) is 13.1. The van der Waals surface area contributed by atoms with Crippen molar-refractivity contribution in [2.75, 3.05) is 35.5 Å². The number of methoxy groups -OCH3 is 2. The van der Waals surface area contributed by atoms with Crippen LogP contribution in [0.4, 0.5) is 11.4 Å². The average molecular weight is 695 g/mol. The van der Waals surface area contributed by atoms with Crippen LogP contribution >= 0.6 is 23.5 Å². The lowest BCUT2D eigenvalue weighted by Crippen LogP contribution is -2.75. The monoisotopic (exact) mass is 694 g/mol. The molecule has 0 aromatic heterocycles. The molecule has 2 aliphatic heterocycles. The molecule has 10 nitrogen and oxygen atoms in total. The summed E-state index contributed by atoms with van der Waals surface area (Å²) in [5, 5.41) is 0. The number of unbranched alkanes of at least 4 members (excludes halogenated alkanes) is 6. The smallest absolute Gasteiger partial charge is 0.337 e. The number of imide groups is 2. The maximum atomic E-state index is 14.9. The third kappa shape index (κ3) is 5.64. The number of esters is 2. The Hall–Kier alpha value is -3.64. The predicted octanol–water partition coefficient (Wildman–Crippen LogP) is 6.06. The van der Waals surface area contributed by atoms with Gasteiger partial charge < -0.3 is 9.47 Å². The number of anilines is 2. The van der Waals surface area contributed by atoms with E-state index in [1.807, 2.05) is 0 Å². The van der Waals surface area contributed by atoms with Crippen molar-refractivity contribution in [1.82, 2.24) is 0 Å².